The largest absolute Gasteiger partial charge is 0.470 e. The summed E-state index contributed by atoms with van der Waals surface area (Å²) >= 11 is 0. The lowest BCUT2D eigenvalue weighted by Gasteiger charge is -2.15. The van der Waals surface area contributed by atoms with Gasteiger partial charge in [0.15, 0.2) is 5.82 Å². The third-order valence-electron chi connectivity index (χ3n) is 5.17. The Bertz CT molecular complexity index is 1280. The molecule has 1 unspecified atom stereocenters. The number of halogens is 3. The van der Waals surface area contributed by atoms with E-state index in [4.69, 9.17) is 9.72 Å². The SMILES string of the molecule is C=NNc1nnc(OCc2cccc(C(C)NCCc3ccccc3)n2)c2ccccc12.CC(F)(F)F. The second-order valence-corrected chi connectivity index (χ2v) is 8.20. The quantitative estimate of drug-likeness (QED) is 0.198. The Labute approximate surface area is 213 Å². The van der Waals surface area contributed by atoms with E-state index in [2.05, 4.69) is 63.9 Å². The Hall–Kier alpha value is -4.05. The van der Waals surface area contributed by atoms with Crippen molar-refractivity contribution in [2.24, 2.45) is 5.10 Å². The van der Waals surface area contributed by atoms with Gasteiger partial charge in [0.1, 0.15) is 6.61 Å². The number of benzene rings is 2. The second kappa shape index (κ2) is 13.3. The van der Waals surface area contributed by atoms with E-state index < -0.39 is 6.18 Å². The van der Waals surface area contributed by atoms with E-state index in [0.717, 1.165) is 35.1 Å². The van der Waals surface area contributed by atoms with Gasteiger partial charge in [-0.3, -0.25) is 10.4 Å². The molecule has 2 heterocycles. The van der Waals surface area contributed by atoms with Gasteiger partial charge in [-0.05, 0) is 43.7 Å². The van der Waals surface area contributed by atoms with E-state index in [1.807, 2.05) is 48.5 Å². The monoisotopic (exact) mass is 510 g/mol. The predicted octanol–water partition coefficient (Wildman–Crippen LogP) is 6.09. The summed E-state index contributed by atoms with van der Waals surface area (Å²) < 4.78 is 37.0. The molecule has 0 aliphatic heterocycles. The molecule has 1 atom stereocenters. The summed E-state index contributed by atoms with van der Waals surface area (Å²) in [6.45, 7) is 6.94. The zero-order chi connectivity index (χ0) is 26.7. The number of hydrogen-bond donors (Lipinski definition) is 2. The molecule has 0 saturated carbocycles. The third kappa shape index (κ3) is 9.16. The molecular weight excluding hydrogens is 481 g/mol. The summed E-state index contributed by atoms with van der Waals surface area (Å²) in [6.07, 6.45) is -3.02. The molecule has 0 bridgehead atoms. The summed E-state index contributed by atoms with van der Waals surface area (Å²) in [4.78, 5) is 4.77. The van der Waals surface area contributed by atoms with Crippen molar-refractivity contribution < 1.29 is 17.9 Å². The number of hydrazone groups is 1. The molecule has 4 aromatic rings. The fourth-order valence-corrected chi connectivity index (χ4v) is 3.49. The first kappa shape index (κ1) is 27.5. The van der Waals surface area contributed by atoms with Crippen LogP contribution in [0, 0.1) is 0 Å². The molecule has 0 fully saturated rings. The molecular formula is C27H29F3N6O. The molecule has 2 N–H and O–H groups in total. The molecule has 194 valence electrons. The lowest BCUT2D eigenvalue weighted by atomic mass is 10.1. The molecule has 0 amide bonds. The van der Waals surface area contributed by atoms with Crippen LogP contribution in [0.3, 0.4) is 0 Å². The van der Waals surface area contributed by atoms with Crippen molar-refractivity contribution in [2.45, 2.75) is 39.1 Å². The topological polar surface area (TPSA) is 84.3 Å². The van der Waals surface area contributed by atoms with E-state index >= 15 is 0 Å². The van der Waals surface area contributed by atoms with Gasteiger partial charge < -0.3 is 10.1 Å². The fraction of sp³-hybridized carbons (Fsp3) is 0.259. The smallest absolute Gasteiger partial charge is 0.386 e. The van der Waals surface area contributed by atoms with Crippen molar-refractivity contribution in [2.75, 3.05) is 12.0 Å². The van der Waals surface area contributed by atoms with Gasteiger partial charge in [0.25, 0.3) is 0 Å². The minimum atomic E-state index is -4.00. The van der Waals surface area contributed by atoms with E-state index in [-0.39, 0.29) is 13.0 Å². The summed E-state index contributed by atoms with van der Waals surface area (Å²) in [5.41, 5.74) is 5.90. The predicted molar refractivity (Wildman–Crippen MR) is 140 cm³/mol. The number of aromatic nitrogens is 3. The fourth-order valence-electron chi connectivity index (χ4n) is 3.49. The van der Waals surface area contributed by atoms with Crippen LogP contribution in [-0.2, 0) is 13.0 Å². The lowest BCUT2D eigenvalue weighted by Crippen LogP contribution is -2.22. The number of ether oxygens (including phenoxy) is 1. The van der Waals surface area contributed by atoms with Gasteiger partial charge >= 0.3 is 6.18 Å². The highest BCUT2D eigenvalue weighted by molar-refractivity contribution is 5.94. The first-order chi connectivity index (χ1) is 17.7. The van der Waals surface area contributed by atoms with Crippen molar-refractivity contribution >= 4 is 23.3 Å². The number of nitrogens with one attached hydrogen (secondary N) is 2. The Morgan fingerprint density at radius 3 is 2.32 bits per heavy atom. The van der Waals surface area contributed by atoms with Crippen LogP contribution in [0.2, 0.25) is 0 Å². The van der Waals surface area contributed by atoms with Crippen LogP contribution in [0.25, 0.3) is 10.8 Å². The Kier molecular flexibility index (Phi) is 9.91. The number of nitrogens with zero attached hydrogens (tertiary/aromatic N) is 4. The highest BCUT2D eigenvalue weighted by atomic mass is 19.4. The normalized spacial score (nSPS) is 11.8. The minimum absolute atomic E-state index is 0.135. The molecule has 0 saturated heterocycles. The van der Waals surface area contributed by atoms with Crippen LogP contribution in [0.15, 0.2) is 77.9 Å². The highest BCUT2D eigenvalue weighted by Crippen LogP contribution is 2.28. The first-order valence-electron chi connectivity index (χ1n) is 11.6. The number of fused-ring (bicyclic) bond motifs is 1. The third-order valence-corrected chi connectivity index (χ3v) is 5.17. The minimum Gasteiger partial charge on any atom is -0.470 e. The van der Waals surface area contributed by atoms with Crippen LogP contribution in [0.5, 0.6) is 5.88 Å². The molecule has 0 radical (unpaired) electrons. The van der Waals surface area contributed by atoms with Gasteiger partial charge in [-0.2, -0.15) is 18.3 Å². The number of hydrogen-bond acceptors (Lipinski definition) is 7. The van der Waals surface area contributed by atoms with Crippen LogP contribution in [0.4, 0.5) is 19.0 Å². The molecule has 0 aliphatic rings. The van der Waals surface area contributed by atoms with Crippen LogP contribution in [0.1, 0.15) is 36.8 Å². The standard InChI is InChI=1S/C25H26N6O.C2H3F3/c1-18(27-16-15-19-9-4-3-5-10-19)23-14-8-11-20(28-23)17-32-25-22-13-7-6-12-21(22)24(29-26-2)30-31-25;1-2(3,4)5/h3-14,18,27H,2,15-17H2,1H3,(H,29,30);1H3. The van der Waals surface area contributed by atoms with E-state index in [0.29, 0.717) is 18.3 Å². The van der Waals surface area contributed by atoms with Crippen molar-refractivity contribution in [1.82, 2.24) is 20.5 Å². The van der Waals surface area contributed by atoms with Crippen molar-refractivity contribution in [3.05, 3.63) is 89.7 Å². The van der Waals surface area contributed by atoms with E-state index in [1.165, 1.54) is 5.56 Å². The lowest BCUT2D eigenvalue weighted by molar-refractivity contribution is -0.110. The average molecular weight is 511 g/mol. The summed E-state index contributed by atoms with van der Waals surface area (Å²) in [7, 11) is 0. The molecule has 0 aliphatic carbocycles. The molecule has 2 aromatic carbocycles. The van der Waals surface area contributed by atoms with Gasteiger partial charge in [-0.25, -0.2) is 0 Å². The number of alkyl halides is 3. The average Bonchev–Trinajstić information content (AvgIpc) is 2.88. The van der Waals surface area contributed by atoms with Crippen LogP contribution < -0.4 is 15.5 Å². The van der Waals surface area contributed by atoms with Gasteiger partial charge in [-0.15, -0.1) is 10.2 Å². The molecule has 10 heteroatoms. The van der Waals surface area contributed by atoms with Crippen LogP contribution >= 0.6 is 0 Å². The highest BCUT2D eigenvalue weighted by Gasteiger charge is 2.15. The molecule has 7 nitrogen and oxygen atoms in total. The first-order valence-corrected chi connectivity index (χ1v) is 11.6. The summed E-state index contributed by atoms with van der Waals surface area (Å²) in [6, 6.07) is 24.3. The summed E-state index contributed by atoms with van der Waals surface area (Å²) in [5, 5.41) is 17.3. The molecule has 37 heavy (non-hydrogen) atoms. The van der Waals surface area contributed by atoms with Gasteiger partial charge in [-0.1, -0.05) is 54.6 Å². The van der Waals surface area contributed by atoms with E-state index in [9.17, 15) is 13.2 Å². The molecule has 2 aromatic heterocycles. The zero-order valence-corrected chi connectivity index (χ0v) is 20.7. The van der Waals surface area contributed by atoms with Crippen LogP contribution in [-0.4, -0.2) is 34.6 Å². The van der Waals surface area contributed by atoms with Crippen molar-refractivity contribution in [3.8, 4) is 5.88 Å². The number of anilines is 1. The maximum Gasteiger partial charge on any atom is 0.386 e. The zero-order valence-electron chi connectivity index (χ0n) is 20.7. The molecule has 4 rings (SSSR count). The maximum atomic E-state index is 10.4. The van der Waals surface area contributed by atoms with Crippen molar-refractivity contribution in [1.29, 1.82) is 0 Å². The van der Waals surface area contributed by atoms with Gasteiger partial charge in [0, 0.05) is 30.5 Å². The van der Waals surface area contributed by atoms with Gasteiger partial charge in [0.2, 0.25) is 5.88 Å². The maximum absolute atomic E-state index is 10.4. The number of pyridine rings is 1. The summed E-state index contributed by atoms with van der Waals surface area (Å²) in [5.74, 6) is 0.995. The van der Waals surface area contributed by atoms with Crippen molar-refractivity contribution in [3.63, 3.8) is 0 Å². The van der Waals surface area contributed by atoms with E-state index in [1.54, 1.807) is 0 Å². The Balaban J connectivity index is 0.000000695. The molecule has 0 spiro atoms. The Morgan fingerprint density at radius 2 is 1.62 bits per heavy atom. The Morgan fingerprint density at radius 1 is 0.946 bits per heavy atom. The number of rotatable bonds is 10. The van der Waals surface area contributed by atoms with Gasteiger partial charge in [0.05, 0.1) is 11.4 Å². The second-order valence-electron chi connectivity index (χ2n) is 8.20.